The van der Waals surface area contributed by atoms with Gasteiger partial charge in [0.1, 0.15) is 5.82 Å². The molecule has 0 aliphatic carbocycles. The normalized spacial score (nSPS) is 21.5. The van der Waals surface area contributed by atoms with Gasteiger partial charge < -0.3 is 26.6 Å². The Morgan fingerprint density at radius 3 is 2.54 bits per heavy atom. The molecule has 2 aliphatic heterocycles. The molecule has 0 spiro atoms. The number of amides is 3. The summed E-state index contributed by atoms with van der Waals surface area (Å²) in [5.41, 5.74) is 5.13. The van der Waals surface area contributed by atoms with Crippen molar-refractivity contribution >= 4 is 41.3 Å². The number of anilines is 1. The predicted molar refractivity (Wildman–Crippen MR) is 131 cm³/mol. The van der Waals surface area contributed by atoms with Crippen molar-refractivity contribution in [1.29, 1.82) is 0 Å². The van der Waals surface area contributed by atoms with E-state index < -0.39 is 35.1 Å². The number of rotatable bonds is 8. The number of benzene rings is 2. The highest BCUT2D eigenvalue weighted by molar-refractivity contribution is 6.34. The second-order valence-electron chi connectivity index (χ2n) is 8.49. The van der Waals surface area contributed by atoms with Crippen LogP contribution in [0.2, 0.25) is 5.02 Å². The van der Waals surface area contributed by atoms with Crippen molar-refractivity contribution < 1.29 is 18.8 Å². The van der Waals surface area contributed by atoms with Crippen LogP contribution in [0, 0.1) is 5.82 Å². The molecule has 35 heavy (non-hydrogen) atoms. The highest BCUT2D eigenvalue weighted by Gasteiger charge is 2.52. The van der Waals surface area contributed by atoms with Crippen molar-refractivity contribution in [3.8, 4) is 0 Å². The Hall–Kier alpha value is -3.50. The van der Waals surface area contributed by atoms with E-state index >= 15 is 0 Å². The number of carbonyl (C=O) groups excluding carboxylic acids is 3. The molecule has 0 radical (unpaired) electrons. The number of aliphatic imine (C=N–C) groups is 1. The van der Waals surface area contributed by atoms with Crippen molar-refractivity contribution in [3.05, 3.63) is 64.4 Å². The molecule has 2 heterocycles. The van der Waals surface area contributed by atoms with Gasteiger partial charge in [-0.25, -0.2) is 4.39 Å². The monoisotopic (exact) mass is 500 g/mol. The van der Waals surface area contributed by atoms with Crippen LogP contribution in [0.3, 0.4) is 0 Å². The summed E-state index contributed by atoms with van der Waals surface area (Å²) in [7, 11) is 0. The second kappa shape index (κ2) is 10.4. The van der Waals surface area contributed by atoms with E-state index in [1.54, 1.807) is 24.3 Å². The van der Waals surface area contributed by atoms with Gasteiger partial charge in [0.25, 0.3) is 11.8 Å². The van der Waals surface area contributed by atoms with E-state index in [9.17, 15) is 18.8 Å². The minimum Gasteiger partial charge on any atom is -0.367 e. The maximum absolute atomic E-state index is 13.3. The van der Waals surface area contributed by atoms with Crippen LogP contribution in [-0.4, -0.2) is 61.2 Å². The smallest absolute Gasteiger partial charge is 0.257 e. The molecule has 0 bridgehead atoms. The van der Waals surface area contributed by atoms with Gasteiger partial charge in [-0.3, -0.25) is 19.4 Å². The van der Waals surface area contributed by atoms with Crippen LogP contribution < -0.4 is 21.7 Å². The molecule has 4 rings (SSSR count). The highest BCUT2D eigenvalue weighted by atomic mass is 35.5. The van der Waals surface area contributed by atoms with Crippen LogP contribution in [0.4, 0.5) is 10.1 Å². The Bertz CT molecular complexity index is 1150. The molecule has 2 aliphatic rings. The molecular formula is C24H26ClFN6O3. The quantitative estimate of drug-likeness (QED) is 0.438. The van der Waals surface area contributed by atoms with Crippen LogP contribution in [-0.2, 0) is 15.1 Å². The molecule has 3 amide bonds. The number of nitrogens with two attached hydrogens (primary N) is 1. The van der Waals surface area contributed by atoms with Crippen molar-refractivity contribution in [3.63, 3.8) is 0 Å². The molecule has 1 fully saturated rings. The average molecular weight is 501 g/mol. The summed E-state index contributed by atoms with van der Waals surface area (Å²) in [5, 5.41) is 8.38. The fourth-order valence-electron chi connectivity index (χ4n) is 4.39. The molecule has 5 N–H and O–H groups in total. The molecule has 2 aromatic carbocycles. The molecule has 0 aromatic heterocycles. The summed E-state index contributed by atoms with van der Waals surface area (Å²) in [6.07, 6.45) is 3.62. The van der Waals surface area contributed by atoms with Gasteiger partial charge in [-0.05, 0) is 61.8 Å². The SMILES string of the molecule is NC(=O)C1(c2ccc(NC(=O)c3ccc(F)cc3Cl)cc2)NC=NC1C(=O)NCCN1CCCC1. The summed E-state index contributed by atoms with van der Waals surface area (Å²) in [5.74, 6) is -2.24. The third-order valence-electron chi connectivity index (χ3n) is 6.26. The van der Waals surface area contributed by atoms with Gasteiger partial charge in [0.05, 0.1) is 16.9 Å². The van der Waals surface area contributed by atoms with Crippen LogP contribution in [0.1, 0.15) is 28.8 Å². The van der Waals surface area contributed by atoms with E-state index in [2.05, 4.69) is 25.8 Å². The van der Waals surface area contributed by atoms with E-state index in [0.29, 0.717) is 17.8 Å². The lowest BCUT2D eigenvalue weighted by molar-refractivity contribution is -0.131. The maximum atomic E-state index is 13.3. The molecule has 9 nitrogen and oxygen atoms in total. The van der Waals surface area contributed by atoms with Crippen molar-refractivity contribution in [2.75, 3.05) is 31.5 Å². The maximum Gasteiger partial charge on any atom is 0.257 e. The molecule has 1 saturated heterocycles. The fraction of sp³-hybridized carbons (Fsp3) is 0.333. The molecule has 2 unspecified atom stereocenters. The van der Waals surface area contributed by atoms with Gasteiger partial charge in [-0.15, -0.1) is 0 Å². The van der Waals surface area contributed by atoms with Gasteiger partial charge in [-0.1, -0.05) is 23.7 Å². The average Bonchev–Trinajstić information content (AvgIpc) is 3.50. The summed E-state index contributed by atoms with van der Waals surface area (Å²) >= 11 is 5.96. The number of nitrogens with one attached hydrogen (secondary N) is 3. The Morgan fingerprint density at radius 2 is 1.89 bits per heavy atom. The van der Waals surface area contributed by atoms with Gasteiger partial charge >= 0.3 is 0 Å². The number of carbonyl (C=O) groups is 3. The number of likely N-dealkylation sites (tertiary alicyclic amines) is 1. The zero-order valence-electron chi connectivity index (χ0n) is 18.9. The zero-order chi connectivity index (χ0) is 25.0. The number of nitrogens with zero attached hydrogens (tertiary/aromatic N) is 2. The second-order valence-corrected chi connectivity index (χ2v) is 8.90. The largest absolute Gasteiger partial charge is 0.367 e. The molecule has 0 saturated carbocycles. The van der Waals surface area contributed by atoms with E-state index in [4.69, 9.17) is 17.3 Å². The van der Waals surface area contributed by atoms with Gasteiger partial charge in [0, 0.05) is 18.8 Å². The Kier molecular flexibility index (Phi) is 7.32. The molecular weight excluding hydrogens is 475 g/mol. The first kappa shape index (κ1) is 24.6. The van der Waals surface area contributed by atoms with Crippen molar-refractivity contribution in [1.82, 2.24) is 15.5 Å². The zero-order valence-corrected chi connectivity index (χ0v) is 19.6. The molecule has 11 heteroatoms. The summed E-state index contributed by atoms with van der Waals surface area (Å²) in [4.78, 5) is 44.5. The lowest BCUT2D eigenvalue weighted by atomic mass is 9.82. The minimum atomic E-state index is -1.57. The lowest BCUT2D eigenvalue weighted by Gasteiger charge is -2.31. The topological polar surface area (TPSA) is 129 Å². The van der Waals surface area contributed by atoms with Crippen LogP contribution >= 0.6 is 11.6 Å². The van der Waals surface area contributed by atoms with Gasteiger partial charge in [-0.2, -0.15) is 0 Å². The molecule has 184 valence electrons. The number of hydrogen-bond acceptors (Lipinski definition) is 6. The first-order valence-electron chi connectivity index (χ1n) is 11.3. The highest BCUT2D eigenvalue weighted by Crippen LogP contribution is 2.31. The van der Waals surface area contributed by atoms with E-state index in [0.717, 1.165) is 44.6 Å². The predicted octanol–water partition coefficient (Wildman–Crippen LogP) is 1.62. The first-order valence-corrected chi connectivity index (χ1v) is 11.7. The fourth-order valence-corrected chi connectivity index (χ4v) is 4.64. The molecule has 2 atom stereocenters. The van der Waals surface area contributed by atoms with Crippen LogP contribution in [0.25, 0.3) is 0 Å². The Morgan fingerprint density at radius 1 is 1.17 bits per heavy atom. The summed E-state index contributed by atoms with van der Waals surface area (Å²) in [6.45, 7) is 3.20. The third-order valence-corrected chi connectivity index (χ3v) is 6.58. The van der Waals surface area contributed by atoms with Crippen LogP contribution in [0.5, 0.6) is 0 Å². The summed E-state index contributed by atoms with van der Waals surface area (Å²) in [6, 6.07) is 8.70. The van der Waals surface area contributed by atoms with Gasteiger partial charge in [0.2, 0.25) is 5.91 Å². The van der Waals surface area contributed by atoms with Gasteiger partial charge in [0.15, 0.2) is 11.6 Å². The number of halogens is 2. The van der Waals surface area contributed by atoms with Crippen molar-refractivity contribution in [2.45, 2.75) is 24.4 Å². The van der Waals surface area contributed by atoms with E-state index in [1.807, 2.05) is 0 Å². The number of hydrogen-bond donors (Lipinski definition) is 4. The van der Waals surface area contributed by atoms with Crippen molar-refractivity contribution in [2.24, 2.45) is 10.7 Å². The Labute approximate surface area is 206 Å². The van der Waals surface area contributed by atoms with E-state index in [-0.39, 0.29) is 10.6 Å². The minimum absolute atomic E-state index is 0.0160. The first-order chi connectivity index (χ1) is 16.8. The van der Waals surface area contributed by atoms with Crippen LogP contribution in [0.15, 0.2) is 47.5 Å². The Balaban J connectivity index is 1.47. The number of primary amides is 1. The third kappa shape index (κ3) is 5.13. The van der Waals surface area contributed by atoms with E-state index in [1.165, 1.54) is 12.4 Å². The molecule has 2 aromatic rings. The lowest BCUT2D eigenvalue weighted by Crippen LogP contribution is -2.60. The summed E-state index contributed by atoms with van der Waals surface area (Å²) < 4.78 is 13.3. The standard InChI is InChI=1S/C24H26ClFN6O3/c25-19-13-16(26)5-8-18(19)21(33)31-17-6-3-15(4-7-17)24(23(27)35)20(29-14-30-24)22(34)28-9-12-32-10-1-2-11-32/h3-8,13-14,20H,1-2,9-12H2,(H2,27,35)(H,28,34)(H,29,30)(H,31,33).